The molecular formula is C12H12N2O. The Bertz CT molecular complexity index is 505. The van der Waals surface area contributed by atoms with Gasteiger partial charge in [0.15, 0.2) is 0 Å². The molecule has 15 heavy (non-hydrogen) atoms. The van der Waals surface area contributed by atoms with Crippen LogP contribution in [0.3, 0.4) is 0 Å². The van der Waals surface area contributed by atoms with E-state index in [2.05, 4.69) is 16.0 Å². The molecule has 1 aliphatic rings. The minimum atomic E-state index is 0.776. The van der Waals surface area contributed by atoms with Gasteiger partial charge in [-0.25, -0.2) is 0 Å². The van der Waals surface area contributed by atoms with E-state index in [1.165, 1.54) is 16.5 Å². The predicted octanol–water partition coefficient (Wildman–Crippen LogP) is 2.37. The van der Waals surface area contributed by atoms with E-state index in [4.69, 9.17) is 4.74 Å². The van der Waals surface area contributed by atoms with Gasteiger partial charge in [0.2, 0.25) is 0 Å². The Morgan fingerprint density at radius 2 is 2.47 bits per heavy atom. The maximum atomic E-state index is 5.33. The first kappa shape index (κ1) is 8.68. The second kappa shape index (κ2) is 3.51. The van der Waals surface area contributed by atoms with Crippen LogP contribution in [0, 0.1) is 0 Å². The van der Waals surface area contributed by atoms with Crippen molar-refractivity contribution in [1.82, 2.24) is 9.97 Å². The third-order valence-corrected chi connectivity index (χ3v) is 2.73. The molecule has 0 saturated carbocycles. The fourth-order valence-corrected chi connectivity index (χ4v) is 1.93. The topological polar surface area (TPSA) is 37.9 Å². The monoisotopic (exact) mass is 200 g/mol. The molecular weight excluding hydrogens is 188 g/mol. The Morgan fingerprint density at radius 3 is 3.33 bits per heavy atom. The third-order valence-electron chi connectivity index (χ3n) is 2.73. The predicted molar refractivity (Wildman–Crippen MR) is 59.5 cm³/mol. The van der Waals surface area contributed by atoms with Gasteiger partial charge in [-0.1, -0.05) is 6.08 Å². The molecule has 0 spiro atoms. The lowest BCUT2D eigenvalue weighted by molar-refractivity contribution is 0.205. The van der Waals surface area contributed by atoms with Gasteiger partial charge < -0.3 is 9.72 Å². The van der Waals surface area contributed by atoms with Crippen molar-refractivity contribution in [2.24, 2.45) is 0 Å². The zero-order valence-electron chi connectivity index (χ0n) is 8.36. The molecule has 76 valence electrons. The number of fused-ring (bicyclic) bond motifs is 1. The van der Waals surface area contributed by atoms with Gasteiger partial charge in [0.25, 0.3) is 0 Å². The molecule has 3 heteroatoms. The van der Waals surface area contributed by atoms with Crippen molar-refractivity contribution in [3.8, 4) is 0 Å². The molecule has 2 aromatic rings. The highest BCUT2D eigenvalue weighted by Crippen LogP contribution is 2.22. The number of hydrogen-bond donors (Lipinski definition) is 1. The number of pyridine rings is 1. The van der Waals surface area contributed by atoms with E-state index >= 15 is 0 Å². The summed E-state index contributed by atoms with van der Waals surface area (Å²) in [5, 5.41) is 1.23. The lowest BCUT2D eigenvalue weighted by Gasteiger charge is -1.93. The van der Waals surface area contributed by atoms with Crippen LogP contribution in [0.1, 0.15) is 12.0 Å². The number of H-pyrrole nitrogens is 1. The minimum Gasteiger partial charge on any atom is -0.377 e. The van der Waals surface area contributed by atoms with Gasteiger partial charge in [-0.05, 0) is 23.6 Å². The molecule has 2 aromatic heterocycles. The molecule has 1 fully saturated rings. The summed E-state index contributed by atoms with van der Waals surface area (Å²) in [6, 6.07) is 2.04. The van der Waals surface area contributed by atoms with Crippen LogP contribution in [0.5, 0.6) is 0 Å². The average molecular weight is 200 g/mol. The van der Waals surface area contributed by atoms with Gasteiger partial charge >= 0.3 is 0 Å². The van der Waals surface area contributed by atoms with E-state index in [1.54, 1.807) is 0 Å². The Balaban J connectivity index is 2.07. The molecule has 0 bridgehead atoms. The largest absolute Gasteiger partial charge is 0.377 e. The molecule has 3 heterocycles. The molecule has 3 rings (SSSR count). The summed E-state index contributed by atoms with van der Waals surface area (Å²) < 4.78 is 5.33. The van der Waals surface area contributed by atoms with Crippen LogP contribution < -0.4 is 0 Å². The maximum Gasteiger partial charge on any atom is 0.0681 e. The number of hydrogen-bond acceptors (Lipinski definition) is 2. The van der Waals surface area contributed by atoms with Gasteiger partial charge in [-0.15, -0.1) is 0 Å². The number of aromatic nitrogens is 2. The number of ether oxygens (including phenoxy) is 1. The Kier molecular flexibility index (Phi) is 2.03. The fraction of sp³-hybridized carbons (Fsp3) is 0.250. The van der Waals surface area contributed by atoms with Gasteiger partial charge in [-0.2, -0.15) is 0 Å². The van der Waals surface area contributed by atoms with Crippen LogP contribution in [0.15, 0.2) is 30.2 Å². The highest BCUT2D eigenvalue weighted by atomic mass is 16.5. The van der Waals surface area contributed by atoms with Crippen molar-refractivity contribution < 1.29 is 4.74 Å². The van der Waals surface area contributed by atoms with Crippen LogP contribution in [0.25, 0.3) is 17.0 Å². The summed E-state index contributed by atoms with van der Waals surface area (Å²) in [6.07, 6.45) is 8.97. The first-order chi connectivity index (χ1) is 7.43. The first-order valence-corrected chi connectivity index (χ1v) is 5.12. The van der Waals surface area contributed by atoms with Crippen LogP contribution in [-0.4, -0.2) is 23.2 Å². The van der Waals surface area contributed by atoms with Gasteiger partial charge in [0.1, 0.15) is 0 Å². The second-order valence-corrected chi connectivity index (χ2v) is 3.77. The van der Waals surface area contributed by atoms with E-state index < -0.39 is 0 Å². The summed E-state index contributed by atoms with van der Waals surface area (Å²) in [4.78, 5) is 7.30. The van der Waals surface area contributed by atoms with Crippen molar-refractivity contribution in [2.45, 2.75) is 6.42 Å². The molecule has 1 N–H and O–H groups in total. The summed E-state index contributed by atoms with van der Waals surface area (Å²) in [5.74, 6) is 0. The second-order valence-electron chi connectivity index (χ2n) is 3.77. The highest BCUT2D eigenvalue weighted by molar-refractivity contribution is 5.88. The van der Waals surface area contributed by atoms with Gasteiger partial charge in [0, 0.05) is 17.8 Å². The van der Waals surface area contributed by atoms with Crippen molar-refractivity contribution in [3.05, 3.63) is 35.8 Å². The summed E-state index contributed by atoms with van der Waals surface area (Å²) in [6.45, 7) is 1.63. The zero-order chi connectivity index (χ0) is 10.1. The van der Waals surface area contributed by atoms with Gasteiger partial charge in [0.05, 0.1) is 24.9 Å². The van der Waals surface area contributed by atoms with E-state index in [0.717, 1.165) is 25.2 Å². The van der Waals surface area contributed by atoms with E-state index in [0.29, 0.717) is 0 Å². The zero-order valence-corrected chi connectivity index (χ0v) is 8.36. The summed E-state index contributed by atoms with van der Waals surface area (Å²) in [5.41, 5.74) is 3.68. The molecule has 1 saturated heterocycles. The SMILES string of the molecule is C(=C1/CCOC1)/c1c[nH]c2cnccc12. The minimum absolute atomic E-state index is 0.776. The van der Waals surface area contributed by atoms with Crippen LogP contribution >= 0.6 is 0 Å². The lowest BCUT2D eigenvalue weighted by Crippen LogP contribution is -1.80. The maximum absolute atomic E-state index is 5.33. The Morgan fingerprint density at radius 1 is 1.47 bits per heavy atom. The lowest BCUT2D eigenvalue weighted by atomic mass is 10.1. The number of rotatable bonds is 1. The molecule has 0 atom stereocenters. The smallest absolute Gasteiger partial charge is 0.0681 e. The third kappa shape index (κ3) is 1.55. The van der Waals surface area contributed by atoms with E-state index in [1.807, 2.05) is 24.7 Å². The van der Waals surface area contributed by atoms with Gasteiger partial charge in [-0.3, -0.25) is 4.98 Å². The normalized spacial score (nSPS) is 19.1. The number of nitrogens with one attached hydrogen (secondary N) is 1. The van der Waals surface area contributed by atoms with Crippen LogP contribution in [0.4, 0.5) is 0 Å². The molecule has 0 aromatic carbocycles. The first-order valence-electron chi connectivity index (χ1n) is 5.12. The summed E-state index contributed by atoms with van der Waals surface area (Å²) in [7, 11) is 0. The molecule has 1 aliphatic heterocycles. The number of nitrogens with zero attached hydrogens (tertiary/aromatic N) is 1. The fourth-order valence-electron chi connectivity index (χ4n) is 1.93. The standard InChI is InChI=1S/C12H12N2O/c1-3-13-7-12-11(1)10(6-14-12)5-9-2-4-15-8-9/h1,3,5-7,14H,2,4,8H2/b9-5+. The molecule has 0 unspecified atom stereocenters. The van der Waals surface area contributed by atoms with Crippen LogP contribution in [-0.2, 0) is 4.74 Å². The average Bonchev–Trinajstić information content (AvgIpc) is 2.89. The van der Waals surface area contributed by atoms with Crippen molar-refractivity contribution in [3.63, 3.8) is 0 Å². The Hall–Kier alpha value is -1.61. The van der Waals surface area contributed by atoms with Crippen LogP contribution in [0.2, 0.25) is 0 Å². The van der Waals surface area contributed by atoms with E-state index in [-0.39, 0.29) is 0 Å². The van der Waals surface area contributed by atoms with E-state index in [9.17, 15) is 0 Å². The Labute approximate surface area is 87.8 Å². The highest BCUT2D eigenvalue weighted by Gasteiger charge is 2.08. The molecule has 0 aliphatic carbocycles. The number of aromatic amines is 1. The van der Waals surface area contributed by atoms with Crippen molar-refractivity contribution in [1.29, 1.82) is 0 Å². The molecule has 0 amide bonds. The molecule has 0 radical (unpaired) electrons. The summed E-state index contributed by atoms with van der Waals surface area (Å²) >= 11 is 0. The van der Waals surface area contributed by atoms with Crippen molar-refractivity contribution >= 4 is 17.0 Å². The quantitative estimate of drug-likeness (QED) is 0.767. The molecule has 3 nitrogen and oxygen atoms in total. The van der Waals surface area contributed by atoms with Crippen molar-refractivity contribution in [2.75, 3.05) is 13.2 Å².